The van der Waals surface area contributed by atoms with Gasteiger partial charge in [-0.05, 0) is 33.6 Å². The lowest BCUT2D eigenvalue weighted by molar-refractivity contribution is -0.384. The van der Waals surface area contributed by atoms with Gasteiger partial charge >= 0.3 is 0 Å². The van der Waals surface area contributed by atoms with Crippen LogP contribution in [0, 0.1) is 15.9 Å². The van der Waals surface area contributed by atoms with Gasteiger partial charge in [0.15, 0.2) is 0 Å². The van der Waals surface area contributed by atoms with Gasteiger partial charge in [-0.2, -0.15) is 0 Å². The maximum Gasteiger partial charge on any atom is 0.269 e. The SMILES string of the molecule is O=C(NCc1cccc([N+](=O)[O-])c1)c1cccc(Br)c1F. The van der Waals surface area contributed by atoms with Crippen LogP contribution in [0.2, 0.25) is 0 Å². The molecule has 21 heavy (non-hydrogen) atoms. The molecule has 2 aromatic rings. The molecule has 0 aliphatic carbocycles. The number of halogens is 2. The quantitative estimate of drug-likeness (QED) is 0.676. The third kappa shape index (κ3) is 3.63. The summed E-state index contributed by atoms with van der Waals surface area (Å²) in [4.78, 5) is 22.0. The molecule has 0 bridgehead atoms. The Morgan fingerprint density at radius 1 is 1.29 bits per heavy atom. The number of rotatable bonds is 4. The van der Waals surface area contributed by atoms with Gasteiger partial charge in [0.05, 0.1) is 15.0 Å². The van der Waals surface area contributed by atoms with Crippen LogP contribution in [0.5, 0.6) is 0 Å². The number of amides is 1. The van der Waals surface area contributed by atoms with Gasteiger partial charge in [-0.1, -0.05) is 18.2 Å². The zero-order valence-corrected chi connectivity index (χ0v) is 12.3. The molecule has 2 aromatic carbocycles. The van der Waals surface area contributed by atoms with Crippen molar-refractivity contribution >= 4 is 27.5 Å². The Morgan fingerprint density at radius 3 is 2.71 bits per heavy atom. The Balaban J connectivity index is 2.09. The van der Waals surface area contributed by atoms with Crippen molar-refractivity contribution in [2.75, 3.05) is 0 Å². The summed E-state index contributed by atoms with van der Waals surface area (Å²) < 4.78 is 14.0. The van der Waals surface area contributed by atoms with Gasteiger partial charge < -0.3 is 5.32 Å². The molecule has 0 heterocycles. The smallest absolute Gasteiger partial charge is 0.269 e. The van der Waals surface area contributed by atoms with Crippen LogP contribution < -0.4 is 5.32 Å². The lowest BCUT2D eigenvalue weighted by Gasteiger charge is -2.07. The van der Waals surface area contributed by atoms with Crippen LogP contribution in [-0.2, 0) is 6.54 Å². The zero-order chi connectivity index (χ0) is 15.4. The highest BCUT2D eigenvalue weighted by Crippen LogP contribution is 2.18. The Bertz CT molecular complexity index is 706. The molecule has 5 nitrogen and oxygen atoms in total. The van der Waals surface area contributed by atoms with E-state index in [4.69, 9.17) is 0 Å². The summed E-state index contributed by atoms with van der Waals surface area (Å²) in [6.07, 6.45) is 0. The van der Waals surface area contributed by atoms with E-state index in [1.54, 1.807) is 12.1 Å². The lowest BCUT2D eigenvalue weighted by Crippen LogP contribution is -2.23. The van der Waals surface area contributed by atoms with E-state index in [1.807, 2.05) is 0 Å². The van der Waals surface area contributed by atoms with Crippen molar-refractivity contribution in [2.45, 2.75) is 6.54 Å². The molecule has 0 aromatic heterocycles. The topological polar surface area (TPSA) is 72.2 Å². The fraction of sp³-hybridized carbons (Fsp3) is 0.0714. The Labute approximate surface area is 128 Å². The lowest BCUT2D eigenvalue weighted by atomic mass is 10.1. The first-order chi connectivity index (χ1) is 9.99. The minimum absolute atomic E-state index is 0.0598. The molecule has 0 saturated carbocycles. The third-order valence-corrected chi connectivity index (χ3v) is 3.38. The van der Waals surface area contributed by atoms with Crippen molar-refractivity contribution in [3.05, 3.63) is 74.0 Å². The Morgan fingerprint density at radius 2 is 2.00 bits per heavy atom. The maximum absolute atomic E-state index is 13.8. The number of nitro groups is 1. The molecular formula is C14H10BrFN2O3. The second kappa shape index (κ2) is 6.45. The molecule has 2 rings (SSSR count). The maximum atomic E-state index is 13.8. The van der Waals surface area contributed by atoms with Gasteiger partial charge in [0, 0.05) is 18.7 Å². The molecule has 7 heteroatoms. The number of hydrogen-bond donors (Lipinski definition) is 1. The van der Waals surface area contributed by atoms with Gasteiger partial charge in [-0.15, -0.1) is 0 Å². The first-order valence-electron chi connectivity index (χ1n) is 5.94. The average molecular weight is 353 g/mol. The van der Waals surface area contributed by atoms with Crippen molar-refractivity contribution in [1.82, 2.24) is 5.32 Å². The van der Waals surface area contributed by atoms with E-state index in [1.165, 1.54) is 30.3 Å². The standard InChI is InChI=1S/C14H10BrFN2O3/c15-12-6-2-5-11(13(12)16)14(19)17-8-9-3-1-4-10(7-9)18(20)21/h1-7H,8H2,(H,17,19). The minimum atomic E-state index is -0.644. The van der Waals surface area contributed by atoms with E-state index in [0.717, 1.165) is 0 Å². The van der Waals surface area contributed by atoms with Crippen molar-refractivity contribution in [1.29, 1.82) is 0 Å². The third-order valence-electron chi connectivity index (χ3n) is 2.77. The molecular weight excluding hydrogens is 343 g/mol. The van der Waals surface area contributed by atoms with Crippen molar-refractivity contribution in [3.63, 3.8) is 0 Å². The first kappa shape index (κ1) is 15.1. The molecule has 0 fully saturated rings. The van der Waals surface area contributed by atoms with Crippen molar-refractivity contribution in [3.8, 4) is 0 Å². The highest BCUT2D eigenvalue weighted by molar-refractivity contribution is 9.10. The predicted octanol–water partition coefficient (Wildman–Crippen LogP) is 3.43. The van der Waals surface area contributed by atoms with Gasteiger partial charge in [0.25, 0.3) is 11.6 Å². The second-order valence-electron chi connectivity index (χ2n) is 4.21. The average Bonchev–Trinajstić information content (AvgIpc) is 2.48. The molecule has 0 aliphatic heterocycles. The Hall–Kier alpha value is -2.28. The molecule has 0 unspecified atom stereocenters. The molecule has 0 spiro atoms. The largest absolute Gasteiger partial charge is 0.348 e. The first-order valence-corrected chi connectivity index (χ1v) is 6.74. The van der Waals surface area contributed by atoms with Crippen LogP contribution >= 0.6 is 15.9 Å². The number of non-ortho nitro benzene ring substituents is 1. The van der Waals surface area contributed by atoms with E-state index in [9.17, 15) is 19.3 Å². The van der Waals surface area contributed by atoms with Gasteiger partial charge in [0.2, 0.25) is 0 Å². The van der Waals surface area contributed by atoms with E-state index >= 15 is 0 Å². The van der Waals surface area contributed by atoms with Crippen LogP contribution in [-0.4, -0.2) is 10.8 Å². The highest BCUT2D eigenvalue weighted by atomic mass is 79.9. The number of benzene rings is 2. The normalized spacial score (nSPS) is 10.2. The summed E-state index contributed by atoms with van der Waals surface area (Å²) in [5.41, 5.74) is 0.415. The summed E-state index contributed by atoms with van der Waals surface area (Å²) in [5, 5.41) is 13.2. The number of carbonyl (C=O) groups is 1. The van der Waals surface area contributed by atoms with Gasteiger partial charge in [-0.25, -0.2) is 4.39 Å². The molecule has 1 N–H and O–H groups in total. The molecule has 108 valence electrons. The molecule has 0 radical (unpaired) electrons. The van der Waals surface area contributed by atoms with Gasteiger partial charge in [0.1, 0.15) is 5.82 Å². The predicted molar refractivity (Wildman–Crippen MR) is 78.4 cm³/mol. The summed E-state index contributed by atoms with van der Waals surface area (Å²) in [6, 6.07) is 10.3. The highest BCUT2D eigenvalue weighted by Gasteiger charge is 2.14. The van der Waals surface area contributed by atoms with Crippen LogP contribution in [0.25, 0.3) is 0 Å². The van der Waals surface area contributed by atoms with Crippen LogP contribution in [0.3, 0.4) is 0 Å². The molecule has 0 saturated heterocycles. The molecule has 1 amide bonds. The number of nitrogens with zero attached hydrogens (tertiary/aromatic N) is 1. The zero-order valence-electron chi connectivity index (χ0n) is 10.7. The van der Waals surface area contributed by atoms with Gasteiger partial charge in [-0.3, -0.25) is 14.9 Å². The minimum Gasteiger partial charge on any atom is -0.348 e. The van der Waals surface area contributed by atoms with Crippen molar-refractivity contribution in [2.24, 2.45) is 0 Å². The number of hydrogen-bond acceptors (Lipinski definition) is 3. The summed E-state index contributed by atoms with van der Waals surface area (Å²) >= 11 is 3.01. The van der Waals surface area contributed by atoms with Crippen LogP contribution in [0.15, 0.2) is 46.9 Å². The number of carbonyl (C=O) groups excluding carboxylic acids is 1. The fourth-order valence-corrected chi connectivity index (χ4v) is 2.10. The fourth-order valence-electron chi connectivity index (χ4n) is 1.74. The van der Waals surface area contributed by atoms with E-state index in [0.29, 0.717) is 5.56 Å². The number of nitrogens with one attached hydrogen (secondary N) is 1. The Kier molecular flexibility index (Phi) is 4.64. The van der Waals surface area contributed by atoms with Crippen LogP contribution in [0.1, 0.15) is 15.9 Å². The molecule has 0 aliphatic rings. The molecule has 0 atom stereocenters. The van der Waals surface area contributed by atoms with E-state index < -0.39 is 16.6 Å². The van der Waals surface area contributed by atoms with E-state index in [2.05, 4.69) is 21.2 Å². The second-order valence-corrected chi connectivity index (χ2v) is 5.07. The summed E-state index contributed by atoms with van der Waals surface area (Å²) in [6.45, 7) is 0.0759. The van der Waals surface area contributed by atoms with E-state index in [-0.39, 0.29) is 22.3 Å². The van der Waals surface area contributed by atoms with Crippen LogP contribution in [0.4, 0.5) is 10.1 Å². The monoisotopic (exact) mass is 352 g/mol. The van der Waals surface area contributed by atoms with Crippen molar-refractivity contribution < 1.29 is 14.1 Å². The number of nitro benzene ring substituents is 1. The summed E-state index contributed by atoms with van der Waals surface area (Å²) in [5.74, 6) is -1.23. The summed E-state index contributed by atoms with van der Waals surface area (Å²) in [7, 11) is 0.